The Kier molecular flexibility index (Phi) is 5.98. The molecule has 4 unspecified atom stereocenters. The third-order valence-corrected chi connectivity index (χ3v) is 4.99. The number of rotatable bonds is 5. The molecule has 0 aromatic carbocycles. The molecule has 0 saturated heterocycles. The topological polar surface area (TPSA) is 42.0 Å². The summed E-state index contributed by atoms with van der Waals surface area (Å²) in [6.45, 7) is 8.84. The van der Waals surface area contributed by atoms with E-state index in [4.69, 9.17) is 0 Å². The van der Waals surface area contributed by atoms with Gasteiger partial charge in [0, 0.05) is 30.3 Å². The van der Waals surface area contributed by atoms with Crippen LogP contribution in [0.4, 0.5) is 0 Å². The molecule has 122 valence electrons. The molecule has 0 spiro atoms. The minimum atomic E-state index is 0.132. The summed E-state index contributed by atoms with van der Waals surface area (Å²) in [7, 11) is 0. The minimum absolute atomic E-state index is 0.132. The van der Waals surface area contributed by atoms with E-state index in [1.54, 1.807) is 0 Å². The van der Waals surface area contributed by atoms with Crippen LogP contribution in [0.3, 0.4) is 0 Å². The first-order valence-electron chi connectivity index (χ1n) is 8.67. The third-order valence-electron chi connectivity index (χ3n) is 4.99. The van der Waals surface area contributed by atoms with E-state index in [2.05, 4.69) is 38.0 Å². The second kappa shape index (κ2) is 7.75. The van der Waals surface area contributed by atoms with Gasteiger partial charge in [-0.1, -0.05) is 33.3 Å². The molecule has 1 fully saturated rings. The van der Waals surface area contributed by atoms with Crippen molar-refractivity contribution in [2.45, 2.75) is 59.4 Å². The molecule has 1 saturated carbocycles. The van der Waals surface area contributed by atoms with Crippen LogP contribution in [0, 0.1) is 23.7 Å². The van der Waals surface area contributed by atoms with Gasteiger partial charge in [-0.3, -0.25) is 9.78 Å². The number of carbonyl (C=O) groups is 1. The molecule has 1 aliphatic rings. The SMILES string of the molecule is CC1CCC(C(C)C)C(C(=O)NC(C)Cc2ccccn2)C1. The highest BCUT2D eigenvalue weighted by atomic mass is 16.1. The quantitative estimate of drug-likeness (QED) is 0.898. The van der Waals surface area contributed by atoms with Crippen molar-refractivity contribution in [1.29, 1.82) is 0 Å². The van der Waals surface area contributed by atoms with Gasteiger partial charge in [-0.15, -0.1) is 0 Å². The normalized spacial score (nSPS) is 26.7. The van der Waals surface area contributed by atoms with Crippen molar-refractivity contribution in [3.63, 3.8) is 0 Å². The lowest BCUT2D eigenvalue weighted by Crippen LogP contribution is -2.44. The summed E-state index contributed by atoms with van der Waals surface area (Å²) in [5, 5.41) is 3.22. The Hall–Kier alpha value is -1.38. The monoisotopic (exact) mass is 302 g/mol. The van der Waals surface area contributed by atoms with Gasteiger partial charge in [0.2, 0.25) is 5.91 Å². The summed E-state index contributed by atoms with van der Waals surface area (Å²) < 4.78 is 0. The molecule has 0 radical (unpaired) electrons. The first-order chi connectivity index (χ1) is 10.5. The van der Waals surface area contributed by atoms with Crippen molar-refractivity contribution in [3.05, 3.63) is 30.1 Å². The molecule has 22 heavy (non-hydrogen) atoms. The van der Waals surface area contributed by atoms with Crippen LogP contribution in [0.2, 0.25) is 0 Å². The van der Waals surface area contributed by atoms with Crippen LogP contribution in [0.15, 0.2) is 24.4 Å². The maximum Gasteiger partial charge on any atom is 0.223 e. The van der Waals surface area contributed by atoms with Gasteiger partial charge in [0.1, 0.15) is 0 Å². The molecule has 3 heteroatoms. The molecule has 1 heterocycles. The Morgan fingerprint density at radius 1 is 1.32 bits per heavy atom. The average Bonchev–Trinajstić information content (AvgIpc) is 2.47. The molecule has 1 aliphatic carbocycles. The number of carbonyl (C=O) groups excluding carboxylic acids is 1. The molecular formula is C19H30N2O. The number of amides is 1. The van der Waals surface area contributed by atoms with Gasteiger partial charge >= 0.3 is 0 Å². The Morgan fingerprint density at radius 3 is 2.73 bits per heavy atom. The number of nitrogens with one attached hydrogen (secondary N) is 1. The standard InChI is InChI=1S/C19H30N2O/c1-13(2)17-9-8-14(3)11-18(17)19(22)21-15(4)12-16-7-5-6-10-20-16/h5-7,10,13-15,17-18H,8-9,11-12H2,1-4H3,(H,21,22). The Bertz CT molecular complexity index is 472. The van der Waals surface area contributed by atoms with E-state index in [0.717, 1.165) is 18.5 Å². The average molecular weight is 302 g/mol. The van der Waals surface area contributed by atoms with Gasteiger partial charge in [-0.05, 0) is 49.7 Å². The van der Waals surface area contributed by atoms with Crippen molar-refractivity contribution in [2.75, 3.05) is 0 Å². The molecule has 1 aromatic heterocycles. The Balaban J connectivity index is 1.94. The van der Waals surface area contributed by atoms with Crippen molar-refractivity contribution in [2.24, 2.45) is 23.7 Å². The van der Waals surface area contributed by atoms with E-state index < -0.39 is 0 Å². The third kappa shape index (κ3) is 4.56. The molecule has 1 aromatic rings. The predicted octanol–water partition coefficient (Wildman–Crippen LogP) is 3.84. The van der Waals surface area contributed by atoms with Gasteiger partial charge in [-0.2, -0.15) is 0 Å². The van der Waals surface area contributed by atoms with E-state index >= 15 is 0 Å². The van der Waals surface area contributed by atoms with Crippen molar-refractivity contribution in [1.82, 2.24) is 10.3 Å². The lowest BCUT2D eigenvalue weighted by atomic mass is 9.69. The zero-order chi connectivity index (χ0) is 16.1. The van der Waals surface area contributed by atoms with Crippen LogP contribution >= 0.6 is 0 Å². The van der Waals surface area contributed by atoms with Crippen molar-refractivity contribution < 1.29 is 4.79 Å². The van der Waals surface area contributed by atoms with E-state index in [1.807, 2.05) is 24.4 Å². The fraction of sp³-hybridized carbons (Fsp3) is 0.684. The van der Waals surface area contributed by atoms with Gasteiger partial charge in [0.15, 0.2) is 0 Å². The molecule has 1 N–H and O–H groups in total. The first-order valence-corrected chi connectivity index (χ1v) is 8.67. The molecule has 2 rings (SSSR count). The number of aromatic nitrogens is 1. The summed E-state index contributed by atoms with van der Waals surface area (Å²) in [5.41, 5.74) is 1.03. The fourth-order valence-electron chi connectivity index (χ4n) is 3.74. The largest absolute Gasteiger partial charge is 0.353 e. The molecule has 0 bridgehead atoms. The molecular weight excluding hydrogens is 272 g/mol. The first kappa shape index (κ1) is 17.0. The molecule has 3 nitrogen and oxygen atoms in total. The highest BCUT2D eigenvalue weighted by Crippen LogP contribution is 2.38. The summed E-state index contributed by atoms with van der Waals surface area (Å²) in [4.78, 5) is 17.1. The van der Waals surface area contributed by atoms with Crippen LogP contribution < -0.4 is 5.32 Å². The van der Waals surface area contributed by atoms with Crippen LogP contribution in [-0.4, -0.2) is 16.9 Å². The second-order valence-corrected chi connectivity index (χ2v) is 7.37. The number of hydrogen-bond donors (Lipinski definition) is 1. The lowest BCUT2D eigenvalue weighted by molar-refractivity contribution is -0.129. The van der Waals surface area contributed by atoms with E-state index in [-0.39, 0.29) is 17.9 Å². The van der Waals surface area contributed by atoms with Crippen molar-refractivity contribution >= 4 is 5.91 Å². The van der Waals surface area contributed by atoms with Gasteiger partial charge in [0.25, 0.3) is 0 Å². The fourth-order valence-corrected chi connectivity index (χ4v) is 3.74. The van der Waals surface area contributed by atoms with Crippen LogP contribution in [0.25, 0.3) is 0 Å². The number of pyridine rings is 1. The van der Waals surface area contributed by atoms with Gasteiger partial charge in [0.05, 0.1) is 0 Å². The van der Waals surface area contributed by atoms with Crippen molar-refractivity contribution in [3.8, 4) is 0 Å². The Morgan fingerprint density at radius 2 is 2.09 bits per heavy atom. The zero-order valence-corrected chi connectivity index (χ0v) is 14.4. The molecule has 4 atom stereocenters. The minimum Gasteiger partial charge on any atom is -0.353 e. The van der Waals surface area contributed by atoms with Gasteiger partial charge in [-0.25, -0.2) is 0 Å². The maximum absolute atomic E-state index is 12.7. The molecule has 0 aliphatic heterocycles. The Labute approximate surface area is 134 Å². The summed E-state index contributed by atoms with van der Waals surface area (Å²) >= 11 is 0. The van der Waals surface area contributed by atoms with Gasteiger partial charge < -0.3 is 5.32 Å². The second-order valence-electron chi connectivity index (χ2n) is 7.37. The number of nitrogens with zero attached hydrogens (tertiary/aromatic N) is 1. The van der Waals surface area contributed by atoms with Crippen LogP contribution in [0.1, 0.15) is 52.7 Å². The summed E-state index contributed by atoms with van der Waals surface area (Å²) in [5.74, 6) is 2.19. The predicted molar refractivity (Wildman–Crippen MR) is 90.4 cm³/mol. The number of hydrogen-bond acceptors (Lipinski definition) is 2. The smallest absolute Gasteiger partial charge is 0.223 e. The van der Waals surface area contributed by atoms with E-state index in [0.29, 0.717) is 17.8 Å². The lowest BCUT2D eigenvalue weighted by Gasteiger charge is -2.37. The van der Waals surface area contributed by atoms with Crippen LogP contribution in [-0.2, 0) is 11.2 Å². The van der Waals surface area contributed by atoms with E-state index in [9.17, 15) is 4.79 Å². The maximum atomic E-state index is 12.7. The highest BCUT2D eigenvalue weighted by Gasteiger charge is 2.35. The highest BCUT2D eigenvalue weighted by molar-refractivity contribution is 5.79. The zero-order valence-electron chi connectivity index (χ0n) is 14.4. The summed E-state index contributed by atoms with van der Waals surface area (Å²) in [6.07, 6.45) is 6.08. The summed E-state index contributed by atoms with van der Waals surface area (Å²) in [6, 6.07) is 6.06. The molecule has 1 amide bonds. The van der Waals surface area contributed by atoms with Crippen LogP contribution in [0.5, 0.6) is 0 Å². The van der Waals surface area contributed by atoms with E-state index in [1.165, 1.54) is 12.8 Å².